The molecular weight excluding hydrogens is 314 g/mol. The van der Waals surface area contributed by atoms with Crippen LogP contribution in [-0.2, 0) is 16.6 Å². The molecule has 0 aliphatic carbocycles. The number of nitrogens with one attached hydrogen (secondary N) is 1. The Hall–Kier alpha value is -2.50. The summed E-state index contributed by atoms with van der Waals surface area (Å²) in [6.07, 6.45) is 0. The van der Waals surface area contributed by atoms with Crippen LogP contribution in [-0.4, -0.2) is 32.5 Å². The second-order valence-electron chi connectivity index (χ2n) is 5.13. The summed E-state index contributed by atoms with van der Waals surface area (Å²) < 4.78 is 27.2. The van der Waals surface area contributed by atoms with Crippen LogP contribution in [0.2, 0.25) is 0 Å². The lowest BCUT2D eigenvalue weighted by molar-refractivity contribution is 0.580. The van der Waals surface area contributed by atoms with Crippen molar-refractivity contribution in [2.75, 3.05) is 19.0 Å². The van der Waals surface area contributed by atoms with E-state index in [1.807, 2.05) is 27.1 Å². The maximum Gasteiger partial charge on any atom is 0.242 e. The van der Waals surface area contributed by atoms with Gasteiger partial charge in [-0.05, 0) is 25.1 Å². The van der Waals surface area contributed by atoms with Gasteiger partial charge in [0, 0.05) is 19.8 Å². The third-order valence-electron chi connectivity index (χ3n) is 3.04. The number of hydrogen-bond donors (Lipinski definition) is 1. The Bertz CT molecular complexity index is 856. The summed E-state index contributed by atoms with van der Waals surface area (Å²) in [6.45, 7) is 1.84. The Kier molecular flexibility index (Phi) is 4.93. The molecule has 0 radical (unpaired) electrons. The molecule has 2 aromatic rings. The predicted molar refractivity (Wildman–Crippen MR) is 86.3 cm³/mol. The quantitative estimate of drug-likeness (QED) is 0.884. The average Bonchev–Trinajstić information content (AvgIpc) is 2.52. The summed E-state index contributed by atoms with van der Waals surface area (Å²) in [5.41, 5.74) is 1.40. The van der Waals surface area contributed by atoms with Gasteiger partial charge in [-0.2, -0.15) is 5.26 Å². The zero-order valence-corrected chi connectivity index (χ0v) is 13.9. The summed E-state index contributed by atoms with van der Waals surface area (Å²) in [5, 5.41) is 9.03. The van der Waals surface area contributed by atoms with Crippen molar-refractivity contribution in [2.24, 2.45) is 0 Å². The van der Waals surface area contributed by atoms with Gasteiger partial charge in [-0.25, -0.2) is 23.1 Å². The maximum atomic E-state index is 12.4. The molecule has 2 rings (SSSR count). The first-order chi connectivity index (χ1) is 10.8. The van der Waals surface area contributed by atoms with Crippen molar-refractivity contribution in [3.05, 3.63) is 47.3 Å². The maximum absolute atomic E-state index is 12.4. The van der Waals surface area contributed by atoms with Crippen LogP contribution >= 0.6 is 0 Å². The van der Waals surface area contributed by atoms with Gasteiger partial charge in [-0.3, -0.25) is 0 Å². The number of benzene rings is 1. The Balaban J connectivity index is 2.25. The monoisotopic (exact) mass is 331 g/mol. The molecule has 1 heterocycles. The number of aryl methyl sites for hydroxylation is 1. The predicted octanol–water partition coefficient (Wildman–Crippen LogP) is 1.20. The molecule has 0 unspecified atom stereocenters. The molecule has 23 heavy (non-hydrogen) atoms. The van der Waals surface area contributed by atoms with Crippen molar-refractivity contribution >= 4 is 16.0 Å². The molecule has 0 amide bonds. The smallest absolute Gasteiger partial charge is 0.242 e. The molecule has 7 nitrogen and oxygen atoms in total. The Morgan fingerprint density at radius 2 is 1.96 bits per heavy atom. The van der Waals surface area contributed by atoms with Crippen LogP contribution in [0.4, 0.5) is 5.95 Å². The molecule has 120 valence electrons. The molecular formula is C15H17N5O2S. The summed E-state index contributed by atoms with van der Waals surface area (Å²) in [4.78, 5) is 10.3. The first-order valence-electron chi connectivity index (χ1n) is 6.84. The van der Waals surface area contributed by atoms with Crippen LogP contribution in [0.1, 0.15) is 17.0 Å². The number of nitriles is 1. The lowest BCUT2D eigenvalue weighted by Crippen LogP contribution is -2.25. The molecule has 8 heteroatoms. The minimum atomic E-state index is -3.79. The van der Waals surface area contributed by atoms with Crippen molar-refractivity contribution in [1.82, 2.24) is 14.7 Å². The summed E-state index contributed by atoms with van der Waals surface area (Å²) in [5.74, 6) is 0.511. The van der Waals surface area contributed by atoms with E-state index >= 15 is 0 Å². The lowest BCUT2D eigenvalue weighted by atomic mass is 10.2. The molecule has 0 saturated heterocycles. The van der Waals surface area contributed by atoms with Crippen LogP contribution in [0.25, 0.3) is 0 Å². The van der Waals surface area contributed by atoms with Gasteiger partial charge in [-0.15, -0.1) is 0 Å². The fourth-order valence-corrected chi connectivity index (χ4v) is 3.10. The van der Waals surface area contributed by atoms with E-state index in [0.29, 0.717) is 11.6 Å². The molecule has 0 atom stereocenters. The number of nitrogens with zero attached hydrogens (tertiary/aromatic N) is 4. The summed E-state index contributed by atoms with van der Waals surface area (Å²) in [7, 11) is -0.171. The van der Waals surface area contributed by atoms with Gasteiger partial charge >= 0.3 is 0 Å². The van der Waals surface area contributed by atoms with Gasteiger partial charge in [0.2, 0.25) is 16.0 Å². The minimum Gasteiger partial charge on any atom is -0.347 e. The van der Waals surface area contributed by atoms with Crippen molar-refractivity contribution in [1.29, 1.82) is 5.26 Å². The van der Waals surface area contributed by atoms with E-state index in [0.717, 1.165) is 5.69 Å². The summed E-state index contributed by atoms with van der Waals surface area (Å²) in [6, 6.07) is 9.66. The average molecular weight is 331 g/mol. The second-order valence-corrected chi connectivity index (χ2v) is 6.86. The van der Waals surface area contributed by atoms with Crippen molar-refractivity contribution in [3.63, 3.8) is 0 Å². The standard InChI is InChI=1S/C15H17N5O2S/c1-11-8-13(19-15(18-11)20(2)3)10-17-23(21,22)14-7-5-4-6-12(14)9-16/h4-8,17H,10H2,1-3H3. The van der Waals surface area contributed by atoms with Crippen LogP contribution in [0.5, 0.6) is 0 Å². The fraction of sp³-hybridized carbons (Fsp3) is 0.267. The number of anilines is 1. The molecule has 0 saturated carbocycles. The van der Waals surface area contributed by atoms with E-state index in [-0.39, 0.29) is 17.0 Å². The van der Waals surface area contributed by atoms with Gasteiger partial charge in [0.15, 0.2) is 0 Å². The molecule has 0 aliphatic heterocycles. The van der Waals surface area contributed by atoms with Crippen molar-refractivity contribution < 1.29 is 8.42 Å². The third kappa shape index (κ3) is 4.03. The second kappa shape index (κ2) is 6.73. The highest BCUT2D eigenvalue weighted by molar-refractivity contribution is 7.89. The summed E-state index contributed by atoms with van der Waals surface area (Å²) >= 11 is 0. The highest BCUT2D eigenvalue weighted by Gasteiger charge is 2.18. The van der Waals surface area contributed by atoms with Crippen LogP contribution < -0.4 is 9.62 Å². The molecule has 0 aliphatic rings. The Labute approximate surface area is 135 Å². The van der Waals surface area contributed by atoms with Gasteiger partial charge in [-0.1, -0.05) is 12.1 Å². The Morgan fingerprint density at radius 1 is 1.26 bits per heavy atom. The molecule has 1 aromatic heterocycles. The highest BCUT2D eigenvalue weighted by Crippen LogP contribution is 2.15. The zero-order valence-electron chi connectivity index (χ0n) is 13.1. The number of aromatic nitrogens is 2. The first-order valence-corrected chi connectivity index (χ1v) is 8.32. The van der Waals surface area contributed by atoms with Gasteiger partial charge in [0.25, 0.3) is 0 Å². The highest BCUT2D eigenvalue weighted by atomic mass is 32.2. The molecule has 0 bridgehead atoms. The molecule has 0 spiro atoms. The van der Waals surface area contributed by atoms with Gasteiger partial charge in [0.1, 0.15) is 6.07 Å². The van der Waals surface area contributed by atoms with Crippen molar-refractivity contribution in [3.8, 4) is 6.07 Å². The van der Waals surface area contributed by atoms with Crippen molar-refractivity contribution in [2.45, 2.75) is 18.4 Å². The number of rotatable bonds is 5. The first kappa shape index (κ1) is 16.9. The topological polar surface area (TPSA) is 99.0 Å². The van der Waals surface area contributed by atoms with Gasteiger partial charge < -0.3 is 4.90 Å². The van der Waals surface area contributed by atoms with E-state index in [1.54, 1.807) is 23.1 Å². The SMILES string of the molecule is Cc1cc(CNS(=O)(=O)c2ccccc2C#N)nc(N(C)C)n1. The van der Waals surface area contributed by atoms with E-state index in [2.05, 4.69) is 14.7 Å². The number of sulfonamides is 1. The largest absolute Gasteiger partial charge is 0.347 e. The molecule has 1 aromatic carbocycles. The van der Waals surface area contributed by atoms with E-state index in [4.69, 9.17) is 5.26 Å². The van der Waals surface area contributed by atoms with E-state index in [9.17, 15) is 8.42 Å². The number of hydrogen-bond acceptors (Lipinski definition) is 6. The Morgan fingerprint density at radius 3 is 2.61 bits per heavy atom. The van der Waals surface area contributed by atoms with Crippen LogP contribution in [0.3, 0.4) is 0 Å². The van der Waals surface area contributed by atoms with E-state index in [1.165, 1.54) is 12.1 Å². The van der Waals surface area contributed by atoms with Gasteiger partial charge in [0.05, 0.1) is 22.7 Å². The third-order valence-corrected chi connectivity index (χ3v) is 4.50. The normalized spacial score (nSPS) is 11.0. The fourth-order valence-electron chi connectivity index (χ4n) is 1.95. The lowest BCUT2D eigenvalue weighted by Gasteiger charge is -2.13. The molecule has 1 N–H and O–H groups in total. The molecule has 0 fully saturated rings. The van der Waals surface area contributed by atoms with Crippen LogP contribution in [0.15, 0.2) is 35.2 Å². The van der Waals surface area contributed by atoms with Crippen LogP contribution in [0, 0.1) is 18.3 Å². The van der Waals surface area contributed by atoms with E-state index < -0.39 is 10.0 Å². The minimum absolute atomic E-state index is 0.0201. The zero-order chi connectivity index (χ0) is 17.0.